The lowest BCUT2D eigenvalue weighted by atomic mass is 10.1. The summed E-state index contributed by atoms with van der Waals surface area (Å²) in [4.78, 5) is 31.8. The number of nitrogens with zero attached hydrogens (tertiary/aromatic N) is 8. The number of nitrogens with one attached hydrogen (secondary N) is 2. The number of ketones is 1. The molecule has 4 rings (SSSR count). The number of hydrogen-bond acceptors (Lipinski definition) is 13. The second kappa shape index (κ2) is 13.6. The lowest BCUT2D eigenvalue weighted by molar-refractivity contribution is -0.137. The first-order valence-corrected chi connectivity index (χ1v) is 14.0. The Labute approximate surface area is 250 Å². The summed E-state index contributed by atoms with van der Waals surface area (Å²) in [5.74, 6) is -0.335. The van der Waals surface area contributed by atoms with E-state index < -0.39 is 5.97 Å². The van der Waals surface area contributed by atoms with E-state index in [2.05, 4.69) is 48.1 Å². The number of methoxy groups -OCH3 is 1. The maximum atomic E-state index is 11.8. The Balaban J connectivity index is 1.71. The third kappa shape index (κ3) is 7.16. The van der Waals surface area contributed by atoms with E-state index in [0.29, 0.717) is 47.2 Å². The molecule has 3 N–H and O–H groups in total. The molecule has 15 heteroatoms. The van der Waals surface area contributed by atoms with Crippen LogP contribution in [-0.4, -0.2) is 62.9 Å². The van der Waals surface area contributed by atoms with Crippen molar-refractivity contribution in [3.63, 3.8) is 0 Å². The van der Waals surface area contributed by atoms with E-state index in [-0.39, 0.29) is 46.7 Å². The zero-order valence-electron chi connectivity index (χ0n) is 23.9. The molecule has 4 aromatic rings. The van der Waals surface area contributed by atoms with Crippen LogP contribution in [0.5, 0.6) is 0 Å². The quantitative estimate of drug-likeness (QED) is 0.102. The molecule has 3 aromatic heterocycles. The number of benzene rings is 1. The maximum Gasteiger partial charge on any atom is 0.303 e. The highest BCUT2D eigenvalue weighted by atomic mass is 32.1. The smallest absolute Gasteiger partial charge is 0.303 e. The molecule has 0 amide bonds. The molecule has 14 nitrogen and oxygen atoms in total. The van der Waals surface area contributed by atoms with Crippen molar-refractivity contribution in [2.75, 3.05) is 30.9 Å². The van der Waals surface area contributed by atoms with Gasteiger partial charge in [-0.25, -0.2) is 14.6 Å². The van der Waals surface area contributed by atoms with Crippen molar-refractivity contribution in [2.45, 2.75) is 39.7 Å². The number of carboxylic acids is 1. The number of carboxylic acid groups (broad SMARTS) is 1. The predicted octanol–water partition coefficient (Wildman–Crippen LogP) is 5.27. The van der Waals surface area contributed by atoms with E-state index in [9.17, 15) is 20.1 Å². The molecule has 1 aromatic carbocycles. The van der Waals surface area contributed by atoms with Crippen LogP contribution in [0.4, 0.5) is 23.1 Å². The van der Waals surface area contributed by atoms with Crippen LogP contribution < -0.4 is 10.6 Å². The van der Waals surface area contributed by atoms with Gasteiger partial charge in [0, 0.05) is 37.2 Å². The summed E-state index contributed by atoms with van der Waals surface area (Å²) in [5.41, 5.74) is 2.37. The molecule has 3 heterocycles. The fourth-order valence-electron chi connectivity index (χ4n) is 4.10. The molecule has 0 aliphatic heterocycles. The molecule has 0 bridgehead atoms. The first-order chi connectivity index (χ1) is 20.6. The number of aliphatic carboxylic acids is 1. The number of fused-ring (bicyclic) bond motifs is 1. The number of carbonyl (C=O) groups is 2. The maximum absolute atomic E-state index is 11.8. The van der Waals surface area contributed by atoms with Gasteiger partial charge < -0.3 is 20.5 Å². The molecule has 0 spiro atoms. The van der Waals surface area contributed by atoms with E-state index in [1.54, 1.807) is 32.2 Å². The van der Waals surface area contributed by atoms with Crippen LogP contribution in [-0.2, 0) is 9.53 Å². The lowest BCUT2D eigenvalue weighted by Gasteiger charge is -2.18. The topological polar surface area (TPSA) is 204 Å². The fourth-order valence-corrected chi connectivity index (χ4v) is 5.03. The molecular formula is C28H28N10O4S. The second-order valence-electron chi connectivity index (χ2n) is 9.55. The standard InChI is InChI=1S/C28H28N10O4S/c1-15(14-42-4)32-27-24(16(2)20(12-30)26(34-27)31-9-5-6-23(40)41)35-36-25-19(11-29)13-38(37-25)28-33-21-8-7-18(17(3)39)10-22(21)43-28/h7-8,10,13,15H,5-6,9,14H2,1-4H3,(H,40,41)(H2,31,32,34). The van der Waals surface area contributed by atoms with E-state index in [0.717, 1.165) is 4.70 Å². The third-order valence-corrected chi connectivity index (χ3v) is 7.23. The van der Waals surface area contributed by atoms with Gasteiger partial charge in [0.15, 0.2) is 11.6 Å². The SMILES string of the molecule is COCC(C)Nc1nc(NCCCC(=O)O)c(C#N)c(C)c1N=Nc1nn(-c2nc3ccc(C(C)=O)cc3s2)cc1C#N. The summed E-state index contributed by atoms with van der Waals surface area (Å²) >= 11 is 1.31. The van der Waals surface area contributed by atoms with Crippen molar-refractivity contribution in [3.05, 3.63) is 46.6 Å². The molecule has 1 unspecified atom stereocenters. The molecule has 43 heavy (non-hydrogen) atoms. The Morgan fingerprint density at radius 3 is 2.67 bits per heavy atom. The average molecular weight is 601 g/mol. The molecule has 0 radical (unpaired) electrons. The first kappa shape index (κ1) is 30.7. The predicted molar refractivity (Wildman–Crippen MR) is 160 cm³/mol. The number of ether oxygens (including phenoxy) is 1. The van der Waals surface area contributed by atoms with Crippen LogP contribution in [0.1, 0.15) is 53.7 Å². The minimum atomic E-state index is -0.914. The van der Waals surface area contributed by atoms with Crippen molar-refractivity contribution >= 4 is 56.4 Å². The van der Waals surface area contributed by atoms with Crippen LogP contribution >= 0.6 is 11.3 Å². The van der Waals surface area contributed by atoms with Gasteiger partial charge in [-0.15, -0.1) is 15.3 Å². The summed E-state index contributed by atoms with van der Waals surface area (Å²) in [6, 6.07) is 9.25. The number of pyridine rings is 1. The van der Waals surface area contributed by atoms with E-state index in [1.165, 1.54) is 29.1 Å². The molecule has 0 aliphatic rings. The summed E-state index contributed by atoms with van der Waals surface area (Å²) in [7, 11) is 1.57. The first-order valence-electron chi connectivity index (χ1n) is 13.1. The van der Waals surface area contributed by atoms with E-state index in [1.807, 2.05) is 6.92 Å². The normalized spacial score (nSPS) is 11.8. The molecule has 0 saturated carbocycles. The van der Waals surface area contributed by atoms with Crippen LogP contribution in [0.3, 0.4) is 0 Å². The Morgan fingerprint density at radius 1 is 1.21 bits per heavy atom. The third-order valence-electron chi connectivity index (χ3n) is 6.23. The van der Waals surface area contributed by atoms with Crippen molar-refractivity contribution in [1.29, 1.82) is 10.5 Å². The molecular weight excluding hydrogens is 572 g/mol. The summed E-state index contributed by atoms with van der Waals surface area (Å²) in [6.45, 7) is 5.73. The molecule has 220 valence electrons. The van der Waals surface area contributed by atoms with Crippen LogP contribution in [0.15, 0.2) is 34.6 Å². The summed E-state index contributed by atoms with van der Waals surface area (Å²) in [6.07, 6.45) is 1.81. The lowest BCUT2D eigenvalue weighted by Crippen LogP contribution is -2.22. The van der Waals surface area contributed by atoms with Gasteiger partial charge >= 0.3 is 5.97 Å². The minimum absolute atomic E-state index is 0.0273. The van der Waals surface area contributed by atoms with Gasteiger partial charge in [-0.05, 0) is 45.4 Å². The van der Waals surface area contributed by atoms with Gasteiger partial charge in [0.1, 0.15) is 29.2 Å². The van der Waals surface area contributed by atoms with Crippen molar-refractivity contribution in [2.24, 2.45) is 10.2 Å². The van der Waals surface area contributed by atoms with Crippen LogP contribution in [0.2, 0.25) is 0 Å². The second-order valence-corrected chi connectivity index (χ2v) is 10.6. The zero-order chi connectivity index (χ0) is 31.1. The number of rotatable bonds is 13. The number of azo groups is 1. The van der Waals surface area contributed by atoms with Gasteiger partial charge in [-0.2, -0.15) is 10.5 Å². The molecule has 0 aliphatic carbocycles. The van der Waals surface area contributed by atoms with Crippen LogP contribution in [0.25, 0.3) is 15.3 Å². The van der Waals surface area contributed by atoms with Crippen molar-refractivity contribution < 1.29 is 19.4 Å². The largest absolute Gasteiger partial charge is 0.481 e. The number of carbonyl (C=O) groups excluding carboxylic acids is 1. The zero-order valence-corrected chi connectivity index (χ0v) is 24.7. The van der Waals surface area contributed by atoms with Gasteiger partial charge in [-0.1, -0.05) is 11.3 Å². The van der Waals surface area contributed by atoms with Gasteiger partial charge in [0.05, 0.1) is 28.6 Å². The van der Waals surface area contributed by atoms with E-state index >= 15 is 0 Å². The van der Waals surface area contributed by atoms with Crippen LogP contribution in [0, 0.1) is 29.6 Å². The number of hydrogen-bond donors (Lipinski definition) is 3. The highest BCUT2D eigenvalue weighted by Gasteiger charge is 2.20. The number of Topliss-reactive ketones (excluding diaryl/α,β-unsaturated/α-hetero) is 1. The number of nitriles is 2. The monoisotopic (exact) mass is 600 g/mol. The summed E-state index contributed by atoms with van der Waals surface area (Å²) < 4.78 is 7.45. The van der Waals surface area contributed by atoms with Crippen molar-refractivity contribution in [3.8, 4) is 17.3 Å². The Kier molecular flexibility index (Phi) is 9.72. The Morgan fingerprint density at radius 2 is 2.00 bits per heavy atom. The fraction of sp³-hybridized carbons (Fsp3) is 0.321. The van der Waals surface area contributed by atoms with Gasteiger partial charge in [0.25, 0.3) is 0 Å². The highest BCUT2D eigenvalue weighted by Crippen LogP contribution is 2.36. The highest BCUT2D eigenvalue weighted by molar-refractivity contribution is 7.20. The van der Waals surface area contributed by atoms with Crippen molar-refractivity contribution in [1.82, 2.24) is 19.7 Å². The average Bonchev–Trinajstić information content (AvgIpc) is 3.58. The minimum Gasteiger partial charge on any atom is -0.481 e. The number of thiazole rings is 1. The molecule has 0 fully saturated rings. The van der Waals surface area contributed by atoms with Gasteiger partial charge in [0.2, 0.25) is 10.9 Å². The Hall–Kier alpha value is -5.25. The molecule has 0 saturated heterocycles. The Bertz CT molecular complexity index is 1800. The van der Waals surface area contributed by atoms with E-state index in [4.69, 9.17) is 9.84 Å². The number of anilines is 2. The summed E-state index contributed by atoms with van der Waals surface area (Å²) in [5, 5.41) is 48.4. The molecule has 1 atom stereocenters. The van der Waals surface area contributed by atoms with Gasteiger partial charge in [-0.3, -0.25) is 9.59 Å². The number of aromatic nitrogens is 4.